The van der Waals surface area contributed by atoms with Crippen LogP contribution in [0.1, 0.15) is 50.4 Å². The molecule has 4 heterocycles. The van der Waals surface area contributed by atoms with Gasteiger partial charge in [-0.05, 0) is 36.1 Å². The normalized spacial score (nSPS) is 21.0. The van der Waals surface area contributed by atoms with Gasteiger partial charge in [0.2, 0.25) is 5.91 Å². The first-order valence-corrected chi connectivity index (χ1v) is 17.0. The standard InChI is InChI=1S/C36H42N8O8/c1-19(40-36(50)51-4)33(47)43-17-25(45)13-29(43)31-38-15-27(41-31)23-9-5-21(6-10-23)22-7-11-24(12-8-22)28-16-39-32(42-28)30-14-26(46)18-44(30)34(48)20(2)52-35(49)37-3/h5-12,15-16,19-20,25-26,29-30,45-46H,13-14,17-18H2,1-4H3,(H,37,49)(H,38,41)(H,39,42)(H,40,50)/t19-,20-,25?,26?,29?,30?/m0/s1. The number of imidazole rings is 2. The Bertz CT molecular complexity index is 1770. The first kappa shape index (κ1) is 36.1. The molecule has 2 aromatic carbocycles. The Labute approximate surface area is 299 Å². The fraction of sp³-hybridized carbons (Fsp3) is 0.389. The summed E-state index contributed by atoms with van der Waals surface area (Å²) in [4.78, 5) is 68.1. The van der Waals surface area contributed by atoms with Crippen LogP contribution < -0.4 is 10.6 Å². The molecule has 2 fully saturated rings. The van der Waals surface area contributed by atoms with Crippen LogP contribution in [0.4, 0.5) is 9.59 Å². The Morgan fingerprint density at radius 2 is 1.19 bits per heavy atom. The molecule has 4 unspecified atom stereocenters. The van der Waals surface area contributed by atoms with Crippen LogP contribution in [0.3, 0.4) is 0 Å². The molecule has 52 heavy (non-hydrogen) atoms. The zero-order valence-electron chi connectivity index (χ0n) is 29.2. The van der Waals surface area contributed by atoms with E-state index in [0.29, 0.717) is 24.5 Å². The summed E-state index contributed by atoms with van der Waals surface area (Å²) in [6, 6.07) is 14.1. The predicted octanol–water partition coefficient (Wildman–Crippen LogP) is 2.89. The second kappa shape index (κ2) is 15.2. The monoisotopic (exact) mass is 714 g/mol. The number of hydrogen-bond donors (Lipinski definition) is 6. The molecule has 274 valence electrons. The molecule has 2 aromatic heterocycles. The van der Waals surface area contributed by atoms with Crippen LogP contribution in [0, 0.1) is 0 Å². The van der Waals surface area contributed by atoms with Crippen molar-refractivity contribution in [3.05, 3.63) is 72.6 Å². The molecular weight excluding hydrogens is 672 g/mol. The molecule has 6 atom stereocenters. The van der Waals surface area contributed by atoms with E-state index < -0.39 is 54.5 Å². The van der Waals surface area contributed by atoms with Crippen LogP contribution in [-0.4, -0.2) is 116 Å². The van der Waals surface area contributed by atoms with E-state index in [0.717, 1.165) is 33.6 Å². The Kier molecular flexibility index (Phi) is 10.6. The zero-order chi connectivity index (χ0) is 37.1. The number of carbonyl (C=O) groups excluding carboxylic acids is 4. The van der Waals surface area contributed by atoms with Crippen LogP contribution in [0.25, 0.3) is 33.6 Å². The highest BCUT2D eigenvalue weighted by Gasteiger charge is 2.40. The van der Waals surface area contributed by atoms with Crippen molar-refractivity contribution >= 4 is 24.0 Å². The van der Waals surface area contributed by atoms with E-state index in [9.17, 15) is 29.4 Å². The lowest BCUT2D eigenvalue weighted by Crippen LogP contribution is -2.47. The molecule has 0 spiro atoms. The molecule has 4 aromatic rings. The van der Waals surface area contributed by atoms with Crippen LogP contribution >= 0.6 is 0 Å². The molecule has 0 saturated carbocycles. The quantitative estimate of drug-likeness (QED) is 0.149. The maximum Gasteiger partial charge on any atom is 0.407 e. The van der Waals surface area contributed by atoms with E-state index in [1.54, 1.807) is 19.3 Å². The van der Waals surface area contributed by atoms with E-state index in [-0.39, 0.29) is 19.0 Å². The van der Waals surface area contributed by atoms with Crippen molar-refractivity contribution < 1.29 is 38.9 Å². The first-order chi connectivity index (χ1) is 24.9. The predicted molar refractivity (Wildman–Crippen MR) is 187 cm³/mol. The van der Waals surface area contributed by atoms with Gasteiger partial charge in [-0.3, -0.25) is 9.59 Å². The van der Waals surface area contributed by atoms with Gasteiger partial charge >= 0.3 is 12.2 Å². The molecule has 2 aliphatic heterocycles. The number of hydrogen-bond acceptors (Lipinski definition) is 10. The number of aliphatic hydroxyl groups is 2. The third-order valence-corrected chi connectivity index (χ3v) is 9.40. The van der Waals surface area contributed by atoms with E-state index in [1.807, 2.05) is 48.5 Å². The lowest BCUT2D eigenvalue weighted by Gasteiger charge is -2.26. The van der Waals surface area contributed by atoms with Crippen molar-refractivity contribution in [3.8, 4) is 33.6 Å². The lowest BCUT2D eigenvalue weighted by molar-refractivity contribution is -0.140. The number of nitrogens with one attached hydrogen (secondary N) is 4. The number of β-amino-alcohol motifs (C(OH)–C–C–N with tert-alkyl or cyclic N) is 2. The minimum absolute atomic E-state index is 0.108. The summed E-state index contributed by atoms with van der Waals surface area (Å²) in [7, 11) is 2.64. The smallest absolute Gasteiger partial charge is 0.407 e. The number of methoxy groups -OCH3 is 1. The first-order valence-electron chi connectivity index (χ1n) is 17.0. The molecule has 16 nitrogen and oxygen atoms in total. The number of amides is 4. The minimum atomic E-state index is -1.02. The summed E-state index contributed by atoms with van der Waals surface area (Å²) < 4.78 is 9.71. The number of carbonyl (C=O) groups is 4. The largest absolute Gasteiger partial charge is 0.453 e. The molecule has 0 bridgehead atoms. The number of aromatic nitrogens is 4. The molecule has 6 rings (SSSR count). The lowest BCUT2D eigenvalue weighted by atomic mass is 10.0. The van der Waals surface area contributed by atoms with Crippen LogP contribution in [0.15, 0.2) is 60.9 Å². The maximum absolute atomic E-state index is 13.1. The molecule has 4 amide bonds. The highest BCUT2D eigenvalue weighted by Crippen LogP contribution is 2.35. The molecule has 16 heteroatoms. The van der Waals surface area contributed by atoms with Crippen molar-refractivity contribution in [2.75, 3.05) is 27.2 Å². The van der Waals surface area contributed by atoms with Crippen molar-refractivity contribution in [2.45, 2.75) is 63.1 Å². The third kappa shape index (κ3) is 7.62. The van der Waals surface area contributed by atoms with E-state index in [4.69, 9.17) is 4.74 Å². The number of ether oxygens (including phenoxy) is 2. The van der Waals surface area contributed by atoms with Crippen LogP contribution in [0.2, 0.25) is 0 Å². The highest BCUT2D eigenvalue weighted by atomic mass is 16.6. The number of H-pyrrole nitrogens is 2. The summed E-state index contributed by atoms with van der Waals surface area (Å²) in [5.41, 5.74) is 5.26. The highest BCUT2D eigenvalue weighted by molar-refractivity contribution is 5.86. The fourth-order valence-corrected chi connectivity index (χ4v) is 6.67. The number of nitrogens with zero attached hydrogens (tertiary/aromatic N) is 4. The zero-order valence-corrected chi connectivity index (χ0v) is 29.2. The average molecular weight is 715 g/mol. The summed E-state index contributed by atoms with van der Waals surface area (Å²) >= 11 is 0. The topological polar surface area (TPSA) is 215 Å². The fourth-order valence-electron chi connectivity index (χ4n) is 6.67. The third-order valence-electron chi connectivity index (χ3n) is 9.40. The number of benzene rings is 2. The van der Waals surface area contributed by atoms with Gasteiger partial charge in [-0.1, -0.05) is 48.5 Å². The van der Waals surface area contributed by atoms with E-state index in [2.05, 4.69) is 35.3 Å². The molecular formula is C36H42N8O8. The Morgan fingerprint density at radius 1 is 0.750 bits per heavy atom. The van der Waals surface area contributed by atoms with Gasteiger partial charge in [0.05, 0.1) is 55.2 Å². The van der Waals surface area contributed by atoms with Crippen molar-refractivity contribution in [1.29, 1.82) is 0 Å². The second-order valence-corrected chi connectivity index (χ2v) is 13.0. The van der Waals surface area contributed by atoms with Crippen LogP contribution in [-0.2, 0) is 19.1 Å². The molecule has 2 aliphatic rings. The SMILES string of the molecule is CNC(=O)O[C@@H](C)C(=O)N1CC(O)CC1c1ncc(-c2ccc(-c3ccc(-c4cnc(C5CC(O)CN5C(=O)[C@H](C)NC(=O)OC)[nH]4)cc3)cc2)[nH]1. The second-order valence-electron chi connectivity index (χ2n) is 13.0. The number of aliphatic hydroxyl groups excluding tert-OH is 2. The van der Waals surface area contributed by atoms with Crippen molar-refractivity contribution in [1.82, 2.24) is 40.4 Å². The van der Waals surface area contributed by atoms with Crippen molar-refractivity contribution in [2.24, 2.45) is 0 Å². The van der Waals surface area contributed by atoms with Crippen LogP contribution in [0.5, 0.6) is 0 Å². The van der Waals surface area contributed by atoms with Gasteiger partial charge in [-0.2, -0.15) is 0 Å². The van der Waals surface area contributed by atoms with Gasteiger partial charge in [-0.25, -0.2) is 19.6 Å². The number of likely N-dealkylation sites (tertiary alicyclic amines) is 2. The number of rotatable bonds is 9. The Morgan fingerprint density at radius 3 is 1.63 bits per heavy atom. The van der Waals surface area contributed by atoms with Gasteiger partial charge in [0.15, 0.2) is 6.10 Å². The van der Waals surface area contributed by atoms with Crippen molar-refractivity contribution in [3.63, 3.8) is 0 Å². The molecule has 6 N–H and O–H groups in total. The van der Waals surface area contributed by atoms with Gasteiger partial charge in [0, 0.05) is 33.0 Å². The Hall–Kier alpha value is -5.74. The minimum Gasteiger partial charge on any atom is -0.453 e. The Balaban J connectivity index is 1.11. The summed E-state index contributed by atoms with van der Waals surface area (Å²) in [6.45, 7) is 3.30. The molecule has 0 aliphatic carbocycles. The summed E-state index contributed by atoms with van der Waals surface area (Å²) in [5, 5.41) is 25.5. The molecule has 2 saturated heterocycles. The summed E-state index contributed by atoms with van der Waals surface area (Å²) in [6.07, 6.45) is 0.107. The van der Waals surface area contributed by atoms with Gasteiger partial charge < -0.3 is 50.1 Å². The van der Waals surface area contributed by atoms with Gasteiger partial charge in [-0.15, -0.1) is 0 Å². The number of aromatic amines is 2. The van der Waals surface area contributed by atoms with Gasteiger partial charge in [0.25, 0.3) is 5.91 Å². The van der Waals surface area contributed by atoms with E-state index in [1.165, 1.54) is 30.9 Å². The summed E-state index contributed by atoms with van der Waals surface area (Å²) in [5.74, 6) is 0.308. The average Bonchev–Trinajstić information content (AvgIpc) is 3.97. The van der Waals surface area contributed by atoms with Gasteiger partial charge in [0.1, 0.15) is 17.7 Å². The van der Waals surface area contributed by atoms with E-state index >= 15 is 0 Å². The molecule has 0 radical (unpaired) electrons. The maximum atomic E-state index is 13.1. The number of alkyl carbamates (subject to hydrolysis) is 2.